The van der Waals surface area contributed by atoms with Crippen LogP contribution in [0.1, 0.15) is 40.6 Å². The molecule has 3 aromatic rings. The second-order valence-electron chi connectivity index (χ2n) is 7.69. The summed E-state index contributed by atoms with van der Waals surface area (Å²) in [5, 5.41) is 3.21. The number of carbonyl (C=O) groups is 2. The lowest BCUT2D eigenvalue weighted by atomic mass is 9.94. The smallest absolute Gasteiger partial charge is 0.289 e. The number of benzene rings is 2. The maximum absolute atomic E-state index is 13.2. The SMILES string of the molecule is COc1ccc([C@@H](NC(=O)[C@H]2CCCN(C(=O)c3ccco3)C2)c2ccccc2)cc1. The maximum Gasteiger partial charge on any atom is 0.289 e. The molecule has 2 aromatic carbocycles. The normalized spacial score (nSPS) is 17.1. The molecule has 31 heavy (non-hydrogen) atoms. The number of hydrogen-bond donors (Lipinski definition) is 1. The number of likely N-dealkylation sites (tertiary alicyclic amines) is 1. The fourth-order valence-electron chi connectivity index (χ4n) is 3.99. The minimum atomic E-state index is -0.282. The van der Waals surface area contributed by atoms with Crippen molar-refractivity contribution in [2.24, 2.45) is 5.92 Å². The third-order valence-electron chi connectivity index (χ3n) is 5.68. The van der Waals surface area contributed by atoms with Gasteiger partial charge < -0.3 is 19.4 Å². The summed E-state index contributed by atoms with van der Waals surface area (Å²) in [5.74, 6) is 0.582. The van der Waals surface area contributed by atoms with Crippen LogP contribution in [0.15, 0.2) is 77.4 Å². The highest BCUT2D eigenvalue weighted by atomic mass is 16.5. The lowest BCUT2D eigenvalue weighted by Gasteiger charge is -2.32. The second kappa shape index (κ2) is 9.51. The molecule has 1 aromatic heterocycles. The van der Waals surface area contributed by atoms with E-state index in [9.17, 15) is 9.59 Å². The van der Waals surface area contributed by atoms with Crippen LogP contribution in [0.25, 0.3) is 0 Å². The zero-order valence-electron chi connectivity index (χ0n) is 17.5. The molecule has 0 bridgehead atoms. The van der Waals surface area contributed by atoms with Gasteiger partial charge in [0, 0.05) is 13.1 Å². The van der Waals surface area contributed by atoms with Gasteiger partial charge in [0.15, 0.2) is 5.76 Å². The molecule has 0 spiro atoms. The van der Waals surface area contributed by atoms with Gasteiger partial charge in [0.25, 0.3) is 5.91 Å². The summed E-state index contributed by atoms with van der Waals surface area (Å²) in [6, 6.07) is 20.7. The summed E-state index contributed by atoms with van der Waals surface area (Å²) in [4.78, 5) is 27.6. The molecule has 0 saturated carbocycles. The Hall–Kier alpha value is -3.54. The van der Waals surface area contributed by atoms with Crippen molar-refractivity contribution in [3.63, 3.8) is 0 Å². The number of amides is 2. The van der Waals surface area contributed by atoms with Gasteiger partial charge in [0.05, 0.1) is 25.3 Å². The highest BCUT2D eigenvalue weighted by Crippen LogP contribution is 2.26. The molecular formula is C25H26N2O4. The van der Waals surface area contributed by atoms with Crippen molar-refractivity contribution >= 4 is 11.8 Å². The average Bonchev–Trinajstić information content (AvgIpc) is 3.38. The van der Waals surface area contributed by atoms with Crippen LogP contribution in [-0.4, -0.2) is 36.9 Å². The monoisotopic (exact) mass is 418 g/mol. The molecule has 2 heterocycles. The van der Waals surface area contributed by atoms with Crippen molar-refractivity contribution < 1.29 is 18.7 Å². The van der Waals surface area contributed by atoms with E-state index in [2.05, 4.69) is 5.32 Å². The van der Waals surface area contributed by atoms with Crippen molar-refractivity contribution in [2.45, 2.75) is 18.9 Å². The second-order valence-corrected chi connectivity index (χ2v) is 7.69. The lowest BCUT2D eigenvalue weighted by Crippen LogP contribution is -2.46. The molecule has 6 heteroatoms. The third-order valence-corrected chi connectivity index (χ3v) is 5.68. The molecule has 0 aliphatic carbocycles. The molecule has 160 valence electrons. The minimum Gasteiger partial charge on any atom is -0.497 e. The molecule has 6 nitrogen and oxygen atoms in total. The number of ether oxygens (including phenoxy) is 1. The molecule has 0 unspecified atom stereocenters. The predicted molar refractivity (Wildman–Crippen MR) is 117 cm³/mol. The number of carbonyl (C=O) groups excluding carboxylic acids is 2. The summed E-state index contributed by atoms with van der Waals surface area (Å²) in [5.41, 5.74) is 1.97. The Bertz CT molecular complexity index is 1000. The molecule has 2 amide bonds. The van der Waals surface area contributed by atoms with E-state index in [4.69, 9.17) is 9.15 Å². The fourth-order valence-corrected chi connectivity index (χ4v) is 3.99. The largest absolute Gasteiger partial charge is 0.497 e. The summed E-state index contributed by atoms with van der Waals surface area (Å²) in [7, 11) is 1.63. The van der Waals surface area contributed by atoms with E-state index in [1.807, 2.05) is 54.6 Å². The van der Waals surface area contributed by atoms with Gasteiger partial charge in [-0.2, -0.15) is 0 Å². The Morgan fingerprint density at radius 2 is 1.77 bits per heavy atom. The van der Waals surface area contributed by atoms with Gasteiger partial charge in [-0.25, -0.2) is 0 Å². The van der Waals surface area contributed by atoms with Gasteiger partial charge in [0.1, 0.15) is 5.75 Å². The number of rotatable bonds is 6. The highest BCUT2D eigenvalue weighted by molar-refractivity contribution is 5.92. The lowest BCUT2D eigenvalue weighted by molar-refractivity contribution is -0.126. The first kappa shape index (κ1) is 20.7. The number of nitrogens with one attached hydrogen (secondary N) is 1. The Labute approximate surface area is 181 Å². The first-order chi connectivity index (χ1) is 15.2. The highest BCUT2D eigenvalue weighted by Gasteiger charge is 2.31. The van der Waals surface area contributed by atoms with Crippen LogP contribution < -0.4 is 10.1 Å². The standard InChI is InChI=1S/C25H26N2O4/c1-30-21-13-11-19(12-14-21)23(18-7-3-2-4-8-18)26-24(28)20-9-5-15-27(17-20)25(29)22-10-6-16-31-22/h2-4,6-8,10-14,16,20,23H,5,9,15,17H2,1H3,(H,26,28)/t20-,23-/m0/s1. The van der Waals surface area contributed by atoms with Crippen LogP contribution in [-0.2, 0) is 4.79 Å². The van der Waals surface area contributed by atoms with E-state index in [-0.39, 0.29) is 23.8 Å². The molecule has 1 N–H and O–H groups in total. The van der Waals surface area contributed by atoms with Crippen LogP contribution in [0.3, 0.4) is 0 Å². The number of hydrogen-bond acceptors (Lipinski definition) is 4. The predicted octanol–water partition coefficient (Wildman–Crippen LogP) is 4.05. The van der Waals surface area contributed by atoms with E-state index in [0.29, 0.717) is 18.8 Å². The van der Waals surface area contributed by atoms with Crippen LogP contribution in [0.2, 0.25) is 0 Å². The van der Waals surface area contributed by atoms with Gasteiger partial charge in [-0.05, 0) is 48.2 Å². The first-order valence-electron chi connectivity index (χ1n) is 10.5. The van der Waals surface area contributed by atoms with E-state index in [1.54, 1.807) is 24.1 Å². The molecule has 1 saturated heterocycles. The van der Waals surface area contributed by atoms with E-state index < -0.39 is 0 Å². The van der Waals surface area contributed by atoms with E-state index >= 15 is 0 Å². The number of furan rings is 1. The first-order valence-corrected chi connectivity index (χ1v) is 10.5. The van der Waals surface area contributed by atoms with Gasteiger partial charge in [-0.1, -0.05) is 42.5 Å². The topological polar surface area (TPSA) is 71.8 Å². The average molecular weight is 418 g/mol. The number of nitrogens with zero attached hydrogens (tertiary/aromatic N) is 1. The summed E-state index contributed by atoms with van der Waals surface area (Å²) in [6.07, 6.45) is 3.02. The summed E-state index contributed by atoms with van der Waals surface area (Å²) in [6.45, 7) is 1.01. The molecule has 1 fully saturated rings. The van der Waals surface area contributed by atoms with Gasteiger partial charge >= 0.3 is 0 Å². The van der Waals surface area contributed by atoms with Gasteiger partial charge in [0.2, 0.25) is 5.91 Å². The van der Waals surface area contributed by atoms with Gasteiger partial charge in [-0.3, -0.25) is 9.59 Å². The van der Waals surface area contributed by atoms with Crippen molar-refractivity contribution in [2.75, 3.05) is 20.2 Å². The Kier molecular flexibility index (Phi) is 6.36. The van der Waals surface area contributed by atoms with E-state index in [1.165, 1.54) is 6.26 Å². The Morgan fingerprint density at radius 3 is 2.45 bits per heavy atom. The molecule has 2 atom stereocenters. The molecule has 0 radical (unpaired) electrons. The fraction of sp³-hybridized carbons (Fsp3) is 0.280. The summed E-state index contributed by atoms with van der Waals surface area (Å²) < 4.78 is 10.5. The van der Waals surface area contributed by atoms with Crippen LogP contribution in [0, 0.1) is 5.92 Å². The maximum atomic E-state index is 13.2. The zero-order valence-corrected chi connectivity index (χ0v) is 17.5. The minimum absolute atomic E-state index is 0.0541. The zero-order chi connectivity index (χ0) is 21.6. The quantitative estimate of drug-likeness (QED) is 0.656. The molecule has 1 aliphatic rings. The van der Waals surface area contributed by atoms with Crippen LogP contribution in [0.5, 0.6) is 5.75 Å². The summed E-state index contributed by atoms with van der Waals surface area (Å²) >= 11 is 0. The Balaban J connectivity index is 1.51. The van der Waals surface area contributed by atoms with Crippen LogP contribution >= 0.6 is 0 Å². The number of piperidine rings is 1. The van der Waals surface area contributed by atoms with Crippen molar-refractivity contribution in [3.8, 4) is 5.75 Å². The molecule has 1 aliphatic heterocycles. The third kappa shape index (κ3) is 4.79. The molecular weight excluding hydrogens is 392 g/mol. The molecule has 4 rings (SSSR count). The van der Waals surface area contributed by atoms with Gasteiger partial charge in [-0.15, -0.1) is 0 Å². The van der Waals surface area contributed by atoms with Crippen molar-refractivity contribution in [1.29, 1.82) is 0 Å². The van der Waals surface area contributed by atoms with Crippen molar-refractivity contribution in [3.05, 3.63) is 89.9 Å². The van der Waals surface area contributed by atoms with Crippen LogP contribution in [0.4, 0.5) is 0 Å². The van der Waals surface area contributed by atoms with Crippen molar-refractivity contribution in [1.82, 2.24) is 10.2 Å². The number of methoxy groups -OCH3 is 1. The van der Waals surface area contributed by atoms with E-state index in [0.717, 1.165) is 29.7 Å². The Morgan fingerprint density at radius 1 is 1.03 bits per heavy atom.